The van der Waals surface area contributed by atoms with E-state index in [1.807, 2.05) is 0 Å². The van der Waals surface area contributed by atoms with Crippen molar-refractivity contribution in [3.05, 3.63) is 65.7 Å². The molecule has 1 saturated carbocycles. The van der Waals surface area contributed by atoms with Crippen molar-refractivity contribution in [1.29, 1.82) is 0 Å². The second-order valence-corrected chi connectivity index (χ2v) is 10.5. The molecule has 2 aromatic rings. The minimum absolute atomic E-state index is 0.0971. The van der Waals surface area contributed by atoms with Gasteiger partial charge < -0.3 is 15.5 Å². The topological polar surface area (TPSA) is 44.4 Å². The summed E-state index contributed by atoms with van der Waals surface area (Å²) >= 11 is 0. The van der Waals surface area contributed by atoms with Gasteiger partial charge in [-0.2, -0.15) is 0 Å². The fourth-order valence-corrected chi connectivity index (χ4v) is 6.14. The average Bonchev–Trinajstić information content (AvgIpc) is 3.00. The van der Waals surface area contributed by atoms with Crippen molar-refractivity contribution >= 4 is 11.6 Å². The number of amides is 1. The molecule has 4 rings (SSSR count). The molecule has 0 spiro atoms. The Morgan fingerprint density at radius 3 is 2.53 bits per heavy atom. The molecule has 2 aliphatic rings. The van der Waals surface area contributed by atoms with Gasteiger partial charge in [-0.3, -0.25) is 4.79 Å². The Morgan fingerprint density at radius 1 is 1.03 bits per heavy atom. The van der Waals surface area contributed by atoms with Crippen LogP contribution in [0.4, 0.5) is 5.69 Å². The number of nitrogens with one attached hydrogen (secondary N) is 2. The zero-order valence-electron chi connectivity index (χ0n) is 20.2. The van der Waals surface area contributed by atoms with Crippen LogP contribution in [-0.2, 0) is 16.6 Å². The van der Waals surface area contributed by atoms with E-state index in [9.17, 15) is 4.79 Å². The maximum atomic E-state index is 12.7. The number of carbonyl (C=O) groups excluding carboxylic acids is 1. The van der Waals surface area contributed by atoms with E-state index in [0.29, 0.717) is 12.5 Å². The molecular weight excluding hydrogens is 394 g/mol. The minimum Gasteiger partial charge on any atom is -0.370 e. The van der Waals surface area contributed by atoms with Crippen LogP contribution in [0.3, 0.4) is 0 Å². The van der Waals surface area contributed by atoms with Crippen LogP contribution >= 0.6 is 0 Å². The van der Waals surface area contributed by atoms with Crippen molar-refractivity contribution < 1.29 is 4.79 Å². The second kappa shape index (κ2) is 9.27. The van der Waals surface area contributed by atoms with E-state index in [2.05, 4.69) is 97.9 Å². The van der Waals surface area contributed by atoms with Gasteiger partial charge in [0.15, 0.2) is 0 Å². The number of hydrogen-bond donors (Lipinski definition) is 2. The predicted molar refractivity (Wildman–Crippen MR) is 133 cm³/mol. The lowest BCUT2D eigenvalue weighted by atomic mass is 9.54. The van der Waals surface area contributed by atoms with Gasteiger partial charge in [0.25, 0.3) is 0 Å². The molecule has 32 heavy (non-hydrogen) atoms. The lowest BCUT2D eigenvalue weighted by Gasteiger charge is -2.53. The molecule has 3 atom stereocenters. The number of carbonyl (C=O) groups is 1. The molecule has 0 bridgehead atoms. The Morgan fingerprint density at radius 2 is 1.75 bits per heavy atom. The lowest BCUT2D eigenvalue weighted by Crippen LogP contribution is -2.59. The van der Waals surface area contributed by atoms with Crippen molar-refractivity contribution in [2.75, 3.05) is 25.0 Å². The molecular formula is C28H39N3O. The van der Waals surface area contributed by atoms with Crippen molar-refractivity contribution in [2.24, 2.45) is 5.41 Å². The van der Waals surface area contributed by atoms with E-state index in [4.69, 9.17) is 0 Å². The molecule has 2 N–H and O–H groups in total. The van der Waals surface area contributed by atoms with E-state index in [-0.39, 0.29) is 22.8 Å². The van der Waals surface area contributed by atoms with E-state index in [1.165, 1.54) is 16.8 Å². The van der Waals surface area contributed by atoms with Crippen LogP contribution in [0, 0.1) is 5.41 Å². The van der Waals surface area contributed by atoms with E-state index >= 15 is 0 Å². The summed E-state index contributed by atoms with van der Waals surface area (Å²) in [6.07, 6.45) is 4.73. The van der Waals surface area contributed by atoms with Crippen LogP contribution in [0.5, 0.6) is 0 Å². The van der Waals surface area contributed by atoms with E-state index < -0.39 is 0 Å². The molecule has 1 heterocycles. The first kappa shape index (κ1) is 22.8. The first-order valence-corrected chi connectivity index (χ1v) is 12.2. The standard InChI is InChI=1S/C28H39N3O/c1-27(2)20-22(19-25-28(27,3)23-14-8-9-15-24(23)31(25)4)30-26(32)16-18-29-17-10-13-21-11-6-5-7-12-21/h5-9,11-12,14-15,22,25,29H,10,13,16-20H2,1-4H3,(H,30,32)/t22-,25?,28?/m0/s1. The first-order chi connectivity index (χ1) is 15.3. The fourth-order valence-electron chi connectivity index (χ4n) is 6.14. The fraction of sp³-hybridized carbons (Fsp3) is 0.536. The highest BCUT2D eigenvalue weighted by molar-refractivity contribution is 5.76. The van der Waals surface area contributed by atoms with Gasteiger partial charge in [-0.1, -0.05) is 69.3 Å². The number of anilines is 1. The van der Waals surface area contributed by atoms with Crippen molar-refractivity contribution in [1.82, 2.24) is 10.6 Å². The van der Waals surface area contributed by atoms with Crippen LogP contribution in [0.15, 0.2) is 54.6 Å². The molecule has 4 nitrogen and oxygen atoms in total. The highest BCUT2D eigenvalue weighted by Gasteiger charge is 2.58. The van der Waals surface area contributed by atoms with Crippen molar-refractivity contribution in [3.8, 4) is 0 Å². The number of benzene rings is 2. The van der Waals surface area contributed by atoms with Crippen molar-refractivity contribution in [3.63, 3.8) is 0 Å². The Hall–Kier alpha value is -2.33. The first-order valence-electron chi connectivity index (χ1n) is 12.2. The molecule has 172 valence electrons. The number of likely N-dealkylation sites (N-methyl/N-ethyl adjacent to an activating group) is 1. The number of rotatable bonds is 8. The van der Waals surface area contributed by atoms with Crippen LogP contribution in [0.25, 0.3) is 0 Å². The van der Waals surface area contributed by atoms with Crippen molar-refractivity contribution in [2.45, 2.75) is 70.4 Å². The summed E-state index contributed by atoms with van der Waals surface area (Å²) in [5.41, 5.74) is 4.38. The maximum absolute atomic E-state index is 12.7. The molecule has 2 unspecified atom stereocenters. The van der Waals surface area contributed by atoms with E-state index in [1.54, 1.807) is 0 Å². The minimum atomic E-state index is 0.0971. The average molecular weight is 434 g/mol. The highest BCUT2D eigenvalue weighted by Crippen LogP contribution is 2.59. The largest absolute Gasteiger partial charge is 0.370 e. The molecule has 0 aromatic heterocycles. The van der Waals surface area contributed by atoms with Crippen LogP contribution in [0.1, 0.15) is 57.6 Å². The van der Waals surface area contributed by atoms with E-state index in [0.717, 1.165) is 38.8 Å². The molecule has 0 radical (unpaired) electrons. The molecule has 1 fully saturated rings. The molecule has 1 aliphatic carbocycles. The molecule has 0 saturated heterocycles. The molecule has 1 amide bonds. The zero-order chi connectivity index (χ0) is 22.8. The Bertz CT molecular complexity index is 925. The third-order valence-corrected chi connectivity index (χ3v) is 8.20. The highest BCUT2D eigenvalue weighted by atomic mass is 16.1. The number of aryl methyl sites for hydroxylation is 1. The van der Waals surface area contributed by atoms with Crippen LogP contribution in [-0.4, -0.2) is 38.1 Å². The van der Waals surface area contributed by atoms with Gasteiger partial charge in [-0.15, -0.1) is 0 Å². The van der Waals surface area contributed by atoms with Crippen LogP contribution < -0.4 is 15.5 Å². The zero-order valence-corrected chi connectivity index (χ0v) is 20.2. The van der Waals surface area contributed by atoms with Gasteiger partial charge in [0.1, 0.15) is 0 Å². The van der Waals surface area contributed by atoms with Gasteiger partial charge in [0.2, 0.25) is 5.91 Å². The summed E-state index contributed by atoms with van der Waals surface area (Å²) in [5, 5.41) is 6.80. The Balaban J connectivity index is 1.26. The lowest BCUT2D eigenvalue weighted by molar-refractivity contribution is -0.122. The van der Waals surface area contributed by atoms with Crippen LogP contribution in [0.2, 0.25) is 0 Å². The molecule has 4 heteroatoms. The number of hydrogen-bond acceptors (Lipinski definition) is 3. The monoisotopic (exact) mass is 433 g/mol. The maximum Gasteiger partial charge on any atom is 0.221 e. The third-order valence-electron chi connectivity index (χ3n) is 8.20. The Kier molecular flexibility index (Phi) is 6.62. The summed E-state index contributed by atoms with van der Waals surface area (Å²) in [6, 6.07) is 20.0. The van der Waals surface area contributed by atoms with Gasteiger partial charge in [-0.05, 0) is 54.8 Å². The van der Waals surface area contributed by atoms with Gasteiger partial charge in [0.05, 0.1) is 0 Å². The van der Waals surface area contributed by atoms with Gasteiger partial charge in [-0.25, -0.2) is 0 Å². The summed E-state index contributed by atoms with van der Waals surface area (Å²) in [6.45, 7) is 8.87. The Labute approximate surface area is 193 Å². The SMILES string of the molecule is CN1c2ccccc2C2(C)C1C[C@H](NC(=O)CCNCCCc1ccccc1)CC2(C)C. The predicted octanol–water partition coefficient (Wildman–Crippen LogP) is 4.68. The number of nitrogens with zero attached hydrogens (tertiary/aromatic N) is 1. The molecule has 2 aromatic carbocycles. The second-order valence-electron chi connectivity index (χ2n) is 10.5. The third kappa shape index (κ3) is 4.30. The quantitative estimate of drug-likeness (QED) is 0.594. The smallest absolute Gasteiger partial charge is 0.221 e. The summed E-state index contributed by atoms with van der Waals surface area (Å²) in [5.74, 6) is 0.170. The summed E-state index contributed by atoms with van der Waals surface area (Å²) < 4.78 is 0. The number of fused-ring (bicyclic) bond motifs is 3. The summed E-state index contributed by atoms with van der Waals surface area (Å²) in [7, 11) is 2.22. The molecule has 1 aliphatic heterocycles. The number of para-hydroxylation sites is 1. The van der Waals surface area contributed by atoms with Gasteiger partial charge >= 0.3 is 0 Å². The normalized spacial score (nSPS) is 25.8. The summed E-state index contributed by atoms with van der Waals surface area (Å²) in [4.78, 5) is 15.1. The van der Waals surface area contributed by atoms with Gasteiger partial charge in [0, 0.05) is 43.2 Å².